The molecule has 0 spiro atoms. The van der Waals surface area contributed by atoms with Gasteiger partial charge in [-0.05, 0) is 18.8 Å². The second-order valence-electron chi connectivity index (χ2n) is 8.98. The topological polar surface area (TPSA) is 111 Å². The third kappa shape index (κ3) is 3.72. The summed E-state index contributed by atoms with van der Waals surface area (Å²) in [6.07, 6.45) is 8.28. The van der Waals surface area contributed by atoms with E-state index < -0.39 is 0 Å². The molecule has 2 atom stereocenters. The fourth-order valence-electron chi connectivity index (χ4n) is 4.82. The van der Waals surface area contributed by atoms with Crippen LogP contribution in [-0.4, -0.2) is 69.9 Å². The lowest BCUT2D eigenvalue weighted by atomic mass is 9.86. The minimum Gasteiger partial charge on any atom is -0.378 e. The van der Waals surface area contributed by atoms with Gasteiger partial charge in [-0.2, -0.15) is 4.98 Å². The van der Waals surface area contributed by atoms with E-state index in [1.165, 1.54) is 19.3 Å². The molecule has 2 fully saturated rings. The summed E-state index contributed by atoms with van der Waals surface area (Å²) in [6, 6.07) is 0.356. The van der Waals surface area contributed by atoms with Crippen LogP contribution in [0.2, 0.25) is 0 Å². The van der Waals surface area contributed by atoms with Crippen molar-refractivity contribution in [2.24, 2.45) is 5.92 Å². The maximum atomic E-state index is 5.74. The Morgan fingerprint density at radius 2 is 1.75 bits per heavy atom. The van der Waals surface area contributed by atoms with Gasteiger partial charge >= 0.3 is 0 Å². The zero-order valence-corrected chi connectivity index (χ0v) is 19.0. The van der Waals surface area contributed by atoms with Crippen molar-refractivity contribution in [1.82, 2.24) is 29.5 Å². The number of morpholine rings is 1. The van der Waals surface area contributed by atoms with Crippen LogP contribution < -0.4 is 15.5 Å². The average Bonchev–Trinajstić information content (AvgIpc) is 3.20. The van der Waals surface area contributed by atoms with E-state index in [4.69, 9.17) is 25.4 Å². The van der Waals surface area contributed by atoms with Gasteiger partial charge in [-0.25, -0.2) is 19.9 Å². The molecule has 32 heavy (non-hydrogen) atoms. The lowest BCUT2D eigenvalue weighted by Crippen LogP contribution is -2.37. The van der Waals surface area contributed by atoms with Crippen LogP contribution >= 0.6 is 0 Å². The molecule has 5 rings (SSSR count). The molecular weight excluding hydrogens is 406 g/mol. The van der Waals surface area contributed by atoms with Crippen molar-refractivity contribution in [3.05, 3.63) is 12.4 Å². The molecule has 1 aliphatic carbocycles. The van der Waals surface area contributed by atoms with Crippen molar-refractivity contribution < 1.29 is 4.74 Å². The summed E-state index contributed by atoms with van der Waals surface area (Å²) in [4.78, 5) is 27.7. The third-order valence-corrected chi connectivity index (χ3v) is 6.55. The monoisotopic (exact) mass is 437 g/mol. The van der Waals surface area contributed by atoms with E-state index in [1.54, 1.807) is 12.4 Å². The average molecular weight is 438 g/mol. The Bertz CT molecular complexity index is 1090. The molecule has 1 saturated carbocycles. The lowest BCUT2D eigenvalue weighted by molar-refractivity contribution is 0.122. The van der Waals surface area contributed by atoms with Crippen LogP contribution in [0, 0.1) is 5.92 Å². The molecule has 1 saturated heterocycles. The highest BCUT2D eigenvalue weighted by molar-refractivity contribution is 5.90. The summed E-state index contributed by atoms with van der Waals surface area (Å²) in [5.41, 5.74) is 8.91. The fraction of sp³-hybridized carbons (Fsp3) is 0.591. The van der Waals surface area contributed by atoms with Gasteiger partial charge in [0.25, 0.3) is 0 Å². The van der Waals surface area contributed by atoms with Crippen molar-refractivity contribution in [3.8, 4) is 11.3 Å². The first kappa shape index (κ1) is 20.9. The summed E-state index contributed by atoms with van der Waals surface area (Å²) in [7, 11) is 4.07. The molecule has 0 amide bonds. The molecule has 0 aromatic carbocycles. The van der Waals surface area contributed by atoms with Gasteiger partial charge in [0.05, 0.1) is 13.2 Å². The molecule has 2 N–H and O–H groups in total. The molecule has 3 aromatic heterocycles. The number of nitrogen functional groups attached to an aromatic ring is 1. The summed E-state index contributed by atoms with van der Waals surface area (Å²) < 4.78 is 7.89. The molecule has 10 heteroatoms. The van der Waals surface area contributed by atoms with Gasteiger partial charge < -0.3 is 20.3 Å². The van der Waals surface area contributed by atoms with Crippen molar-refractivity contribution >= 4 is 29.0 Å². The Morgan fingerprint density at radius 1 is 1.03 bits per heavy atom. The highest BCUT2D eigenvalue weighted by atomic mass is 16.5. The number of anilines is 3. The number of aromatic nitrogens is 6. The van der Waals surface area contributed by atoms with E-state index in [9.17, 15) is 0 Å². The van der Waals surface area contributed by atoms with Crippen LogP contribution in [0.15, 0.2) is 12.4 Å². The molecular formula is C22H31N9O. The highest BCUT2D eigenvalue weighted by Gasteiger charge is 2.30. The molecule has 2 aliphatic rings. The van der Waals surface area contributed by atoms with Crippen LogP contribution in [0.5, 0.6) is 0 Å². The number of hydrogen-bond acceptors (Lipinski definition) is 9. The minimum absolute atomic E-state index is 0.239. The SMILES string of the molecule is CC1CCCCC1n1c(N(C)C)nc2c(-c3cnc(N)nc3)nc(N3CCOCC3)nc21. The lowest BCUT2D eigenvalue weighted by Gasteiger charge is -2.32. The van der Waals surface area contributed by atoms with Gasteiger partial charge in [0, 0.05) is 51.2 Å². The van der Waals surface area contributed by atoms with Gasteiger partial charge in [0.1, 0.15) is 11.2 Å². The van der Waals surface area contributed by atoms with Crippen molar-refractivity contribution in [1.29, 1.82) is 0 Å². The number of nitrogens with two attached hydrogens (primary N) is 1. The van der Waals surface area contributed by atoms with Gasteiger partial charge in [-0.1, -0.05) is 19.8 Å². The van der Waals surface area contributed by atoms with Crippen molar-refractivity contribution in [2.45, 2.75) is 38.6 Å². The zero-order valence-electron chi connectivity index (χ0n) is 19.0. The van der Waals surface area contributed by atoms with Crippen LogP contribution in [0.4, 0.5) is 17.8 Å². The Labute approximate surface area is 187 Å². The number of imidazole rings is 1. The molecule has 4 heterocycles. The van der Waals surface area contributed by atoms with Crippen LogP contribution in [0.1, 0.15) is 38.6 Å². The second-order valence-corrected chi connectivity index (χ2v) is 8.98. The predicted molar refractivity (Wildman–Crippen MR) is 125 cm³/mol. The molecule has 10 nitrogen and oxygen atoms in total. The van der Waals surface area contributed by atoms with Crippen LogP contribution in [-0.2, 0) is 4.74 Å². The van der Waals surface area contributed by atoms with E-state index >= 15 is 0 Å². The molecule has 0 radical (unpaired) electrons. The quantitative estimate of drug-likeness (QED) is 0.658. The fourth-order valence-corrected chi connectivity index (χ4v) is 4.82. The normalized spacial score (nSPS) is 21.8. The van der Waals surface area contributed by atoms with E-state index in [-0.39, 0.29) is 5.95 Å². The summed E-state index contributed by atoms with van der Waals surface area (Å²) in [6.45, 7) is 5.20. The molecule has 2 unspecified atom stereocenters. The third-order valence-electron chi connectivity index (χ3n) is 6.55. The van der Waals surface area contributed by atoms with E-state index in [0.29, 0.717) is 31.1 Å². The van der Waals surface area contributed by atoms with E-state index in [0.717, 1.165) is 47.9 Å². The van der Waals surface area contributed by atoms with Crippen molar-refractivity contribution in [2.75, 3.05) is 55.9 Å². The maximum Gasteiger partial charge on any atom is 0.228 e. The van der Waals surface area contributed by atoms with E-state index in [1.807, 2.05) is 14.1 Å². The molecule has 1 aliphatic heterocycles. The van der Waals surface area contributed by atoms with Gasteiger partial charge in [-0.3, -0.25) is 4.57 Å². The molecule has 0 bridgehead atoms. The Morgan fingerprint density at radius 3 is 2.44 bits per heavy atom. The largest absolute Gasteiger partial charge is 0.378 e. The Hall–Kier alpha value is -3.01. The number of fused-ring (bicyclic) bond motifs is 1. The summed E-state index contributed by atoms with van der Waals surface area (Å²) in [5.74, 6) is 2.40. The number of hydrogen-bond donors (Lipinski definition) is 1. The minimum atomic E-state index is 0.239. The molecule has 170 valence electrons. The number of rotatable bonds is 4. The number of nitrogens with zero attached hydrogens (tertiary/aromatic N) is 8. The maximum absolute atomic E-state index is 5.74. The van der Waals surface area contributed by atoms with Crippen molar-refractivity contribution in [3.63, 3.8) is 0 Å². The first-order valence-corrected chi connectivity index (χ1v) is 11.4. The Kier molecular flexibility index (Phi) is 5.54. The number of ether oxygens (including phenoxy) is 1. The first-order valence-electron chi connectivity index (χ1n) is 11.4. The van der Waals surface area contributed by atoms with Gasteiger partial charge in [0.15, 0.2) is 5.65 Å². The van der Waals surface area contributed by atoms with Crippen LogP contribution in [0.25, 0.3) is 22.4 Å². The van der Waals surface area contributed by atoms with Gasteiger partial charge in [0.2, 0.25) is 17.8 Å². The van der Waals surface area contributed by atoms with E-state index in [2.05, 4.69) is 31.3 Å². The predicted octanol–water partition coefficient (Wildman–Crippen LogP) is 2.52. The molecule has 3 aromatic rings. The standard InChI is InChI=1S/C22H31N9O/c1-14-6-4-5-7-16(14)31-19-18(27-22(31)29(2)3)17(15-12-24-20(23)25-13-15)26-21(28-19)30-8-10-32-11-9-30/h12-14,16H,4-11H2,1-3H3,(H2,23,24,25). The summed E-state index contributed by atoms with van der Waals surface area (Å²) in [5, 5.41) is 0. The highest BCUT2D eigenvalue weighted by Crippen LogP contribution is 2.40. The zero-order chi connectivity index (χ0) is 22.2. The summed E-state index contributed by atoms with van der Waals surface area (Å²) >= 11 is 0. The Balaban J connectivity index is 1.75. The smallest absolute Gasteiger partial charge is 0.228 e. The van der Waals surface area contributed by atoms with Gasteiger partial charge in [-0.15, -0.1) is 0 Å². The second kappa shape index (κ2) is 8.50. The first-order chi connectivity index (χ1) is 15.5. The van der Waals surface area contributed by atoms with Crippen LogP contribution in [0.3, 0.4) is 0 Å².